The maximum absolute atomic E-state index is 3.97. The number of imidazole rings is 2. The third-order valence-corrected chi connectivity index (χ3v) is 3.31. The van der Waals surface area contributed by atoms with Crippen molar-refractivity contribution in [1.29, 1.82) is 0 Å². The fraction of sp³-hybridized carbons (Fsp3) is 0.111. The number of nitrogens with zero attached hydrogens (tertiary/aromatic N) is 4. The molecule has 2 aromatic heterocycles. The van der Waals surface area contributed by atoms with Crippen molar-refractivity contribution in [2.45, 2.75) is 13.1 Å². The predicted octanol–water partition coefficient (Wildman–Crippen LogP) is 2.57. The molecule has 0 spiro atoms. The Bertz CT molecular complexity index is 449. The molecule has 2 fully saturated rings. The molecule has 2 aliphatic rings. The SMILES string of the molecule is [CH]1[CH][CH][C](Cn2ccnc2)[CH]1.[CH]1[CH][CH][C](Cn2ccnc2)[CH]1.[Fe+2]. The van der Waals surface area contributed by atoms with Gasteiger partial charge in [0.2, 0.25) is 0 Å². The molecule has 5 heteroatoms. The Morgan fingerprint density at radius 3 is 1.35 bits per heavy atom. The summed E-state index contributed by atoms with van der Waals surface area (Å²) in [6.45, 7) is 1.85. The topological polar surface area (TPSA) is 35.6 Å². The fourth-order valence-corrected chi connectivity index (χ4v) is 2.22. The van der Waals surface area contributed by atoms with E-state index >= 15 is 0 Å². The molecule has 116 valence electrons. The Labute approximate surface area is 150 Å². The van der Waals surface area contributed by atoms with Crippen LogP contribution in [0.3, 0.4) is 0 Å². The Kier molecular flexibility index (Phi) is 7.90. The summed E-state index contributed by atoms with van der Waals surface area (Å²) in [6, 6.07) is 0. The van der Waals surface area contributed by atoms with Gasteiger partial charge in [0.15, 0.2) is 0 Å². The van der Waals surface area contributed by atoms with Crippen LogP contribution in [0.4, 0.5) is 0 Å². The van der Waals surface area contributed by atoms with E-state index in [1.807, 2.05) is 50.7 Å². The minimum absolute atomic E-state index is 0. The second-order valence-corrected chi connectivity index (χ2v) is 5.06. The second-order valence-electron chi connectivity index (χ2n) is 5.06. The quantitative estimate of drug-likeness (QED) is 0.798. The zero-order chi connectivity index (χ0) is 15.0. The predicted molar refractivity (Wildman–Crippen MR) is 85.3 cm³/mol. The van der Waals surface area contributed by atoms with E-state index in [0.717, 1.165) is 13.1 Å². The van der Waals surface area contributed by atoms with Crippen molar-refractivity contribution in [3.63, 3.8) is 0 Å². The van der Waals surface area contributed by atoms with Crippen LogP contribution in [-0.2, 0) is 30.2 Å². The van der Waals surface area contributed by atoms with Gasteiger partial charge in [0.1, 0.15) is 0 Å². The molecule has 0 atom stereocenters. The van der Waals surface area contributed by atoms with Crippen molar-refractivity contribution in [3.8, 4) is 0 Å². The van der Waals surface area contributed by atoms with E-state index < -0.39 is 0 Å². The van der Waals surface area contributed by atoms with Gasteiger partial charge in [0, 0.05) is 49.7 Å². The molecule has 2 heterocycles. The maximum atomic E-state index is 3.97. The van der Waals surface area contributed by atoms with Crippen LogP contribution < -0.4 is 0 Å². The molecule has 0 bridgehead atoms. The fourth-order valence-electron chi connectivity index (χ4n) is 2.22. The van der Waals surface area contributed by atoms with Gasteiger partial charge in [-0.2, -0.15) is 0 Å². The second kappa shape index (κ2) is 9.94. The monoisotopic (exact) mass is 346 g/mol. The minimum atomic E-state index is 0. The first kappa shape index (κ1) is 18.3. The summed E-state index contributed by atoms with van der Waals surface area (Å²) < 4.78 is 4.10. The van der Waals surface area contributed by atoms with Gasteiger partial charge in [0.25, 0.3) is 0 Å². The molecule has 4 nitrogen and oxygen atoms in total. The smallest absolute Gasteiger partial charge is 0.337 e. The van der Waals surface area contributed by atoms with Crippen molar-refractivity contribution < 1.29 is 17.1 Å². The van der Waals surface area contributed by atoms with Crippen LogP contribution in [0.1, 0.15) is 0 Å². The summed E-state index contributed by atoms with van der Waals surface area (Å²) in [6.07, 6.45) is 27.8. The van der Waals surface area contributed by atoms with Crippen LogP contribution in [0.5, 0.6) is 0 Å². The Hall–Kier alpha value is -1.06. The molecule has 2 aliphatic carbocycles. The van der Waals surface area contributed by atoms with Gasteiger partial charge in [-0.25, -0.2) is 9.97 Å². The molecule has 2 aromatic rings. The Morgan fingerprint density at radius 2 is 1.04 bits per heavy atom. The van der Waals surface area contributed by atoms with Gasteiger partial charge >= 0.3 is 17.1 Å². The van der Waals surface area contributed by atoms with E-state index in [9.17, 15) is 0 Å². The van der Waals surface area contributed by atoms with E-state index in [1.54, 1.807) is 12.4 Å². The molecule has 0 aromatic carbocycles. The van der Waals surface area contributed by atoms with Gasteiger partial charge < -0.3 is 9.13 Å². The van der Waals surface area contributed by atoms with E-state index in [-0.39, 0.29) is 17.1 Å². The van der Waals surface area contributed by atoms with Crippen LogP contribution in [0.2, 0.25) is 0 Å². The van der Waals surface area contributed by atoms with Gasteiger partial charge in [-0.3, -0.25) is 0 Å². The summed E-state index contributed by atoms with van der Waals surface area (Å²) >= 11 is 0. The summed E-state index contributed by atoms with van der Waals surface area (Å²) in [5.41, 5.74) is 0. The van der Waals surface area contributed by atoms with Crippen LogP contribution in [0, 0.1) is 63.2 Å². The van der Waals surface area contributed by atoms with Gasteiger partial charge in [0.05, 0.1) is 12.7 Å². The molecular weight excluding hydrogens is 328 g/mol. The zero-order valence-electron chi connectivity index (χ0n) is 12.6. The van der Waals surface area contributed by atoms with Crippen LogP contribution in [0.25, 0.3) is 0 Å². The van der Waals surface area contributed by atoms with Crippen LogP contribution in [0.15, 0.2) is 37.4 Å². The van der Waals surface area contributed by atoms with Crippen molar-refractivity contribution in [3.05, 3.63) is 101 Å². The molecule has 0 amide bonds. The summed E-state index contributed by atoms with van der Waals surface area (Å²) in [5.74, 6) is 2.64. The average Bonchev–Trinajstić information content (AvgIpc) is 3.31. The molecule has 0 aliphatic heterocycles. The van der Waals surface area contributed by atoms with E-state index in [2.05, 4.69) is 44.8 Å². The van der Waals surface area contributed by atoms with Gasteiger partial charge in [-0.15, -0.1) is 0 Å². The first-order valence-corrected chi connectivity index (χ1v) is 7.23. The molecule has 4 rings (SSSR count). The average molecular weight is 346 g/mol. The standard InChI is InChI=1S/2C9H9N2.Fe/c2*1-2-4-9(3-1)7-11-6-5-10-8-11;/h2*1-6,8H,7H2;/q;;+2. The molecule has 23 heavy (non-hydrogen) atoms. The molecular formula is C18H18FeN4+2. The van der Waals surface area contributed by atoms with E-state index in [4.69, 9.17) is 0 Å². The molecule has 10 radical (unpaired) electrons. The number of aromatic nitrogens is 4. The maximum Gasteiger partial charge on any atom is 2.00 e. The van der Waals surface area contributed by atoms with Crippen LogP contribution >= 0.6 is 0 Å². The number of rotatable bonds is 4. The van der Waals surface area contributed by atoms with Crippen molar-refractivity contribution in [2.24, 2.45) is 0 Å². The Balaban J connectivity index is 0.000000160. The number of hydrogen-bond acceptors (Lipinski definition) is 2. The van der Waals surface area contributed by atoms with Gasteiger partial charge in [-0.05, 0) is 51.4 Å². The first-order valence-electron chi connectivity index (χ1n) is 7.23. The van der Waals surface area contributed by atoms with E-state index in [0.29, 0.717) is 0 Å². The molecule has 2 saturated carbocycles. The summed E-state index contributed by atoms with van der Waals surface area (Å²) in [5, 5.41) is 0. The Morgan fingerprint density at radius 1 is 0.652 bits per heavy atom. The first-order chi connectivity index (χ1) is 10.9. The van der Waals surface area contributed by atoms with Crippen molar-refractivity contribution >= 4 is 0 Å². The number of hydrogen-bond donors (Lipinski definition) is 0. The summed E-state index contributed by atoms with van der Waals surface area (Å²) in [7, 11) is 0. The van der Waals surface area contributed by atoms with E-state index in [1.165, 1.54) is 11.8 Å². The largest absolute Gasteiger partial charge is 2.00 e. The van der Waals surface area contributed by atoms with Crippen molar-refractivity contribution in [2.75, 3.05) is 0 Å². The third-order valence-electron chi connectivity index (χ3n) is 3.31. The van der Waals surface area contributed by atoms with Gasteiger partial charge in [-0.1, -0.05) is 0 Å². The normalized spacial score (nSPS) is 18.4. The third kappa shape index (κ3) is 6.15. The van der Waals surface area contributed by atoms with Crippen LogP contribution in [-0.4, -0.2) is 19.1 Å². The molecule has 0 N–H and O–H groups in total. The summed E-state index contributed by atoms with van der Waals surface area (Å²) in [4.78, 5) is 7.93. The molecule has 0 unspecified atom stereocenters. The molecule has 0 saturated heterocycles. The zero-order valence-corrected chi connectivity index (χ0v) is 13.7. The minimum Gasteiger partial charge on any atom is -0.337 e. The van der Waals surface area contributed by atoms with Crippen molar-refractivity contribution in [1.82, 2.24) is 19.1 Å².